The predicted molar refractivity (Wildman–Crippen MR) is 235 cm³/mol. The molecule has 1 aromatic carbocycles. The van der Waals surface area contributed by atoms with Crippen molar-refractivity contribution in [2.24, 2.45) is 0 Å². The lowest BCUT2D eigenvalue weighted by atomic mass is 9.74. The molecule has 59 heavy (non-hydrogen) atoms. The highest BCUT2D eigenvalue weighted by Gasteiger charge is 2.55. The van der Waals surface area contributed by atoms with Crippen molar-refractivity contribution in [2.45, 2.75) is 241 Å². The van der Waals surface area contributed by atoms with Gasteiger partial charge in [0.25, 0.3) is 0 Å². The Morgan fingerprint density at radius 2 is 0.661 bits per heavy atom. The second-order valence-corrected chi connectivity index (χ2v) is 24.5. The summed E-state index contributed by atoms with van der Waals surface area (Å²) >= 11 is 1.53. The number of aromatic nitrogens is 3. The summed E-state index contributed by atoms with van der Waals surface area (Å²) in [5, 5.41) is 52.9. The normalized spacial score (nSPS) is 27.7. The minimum absolute atomic E-state index is 0.0468. The molecule has 0 bridgehead atoms. The van der Waals surface area contributed by atoms with Crippen molar-refractivity contribution in [3.8, 4) is 0 Å². The molecule has 0 radical (unpaired) electrons. The van der Waals surface area contributed by atoms with Crippen molar-refractivity contribution in [3.05, 3.63) is 30.3 Å². The zero-order valence-corrected chi connectivity index (χ0v) is 39.9. The van der Waals surface area contributed by atoms with Crippen molar-refractivity contribution in [1.82, 2.24) is 35.2 Å². The van der Waals surface area contributed by atoms with E-state index in [-0.39, 0.29) is 24.2 Å². The van der Waals surface area contributed by atoms with E-state index >= 15 is 0 Å². The van der Waals surface area contributed by atoms with E-state index in [4.69, 9.17) is 15.0 Å². The fourth-order valence-electron chi connectivity index (χ4n) is 12.1. The highest BCUT2D eigenvalue weighted by molar-refractivity contribution is 7.99. The summed E-state index contributed by atoms with van der Waals surface area (Å²) in [7, 11) is 0. The first-order valence-corrected chi connectivity index (χ1v) is 22.6. The van der Waals surface area contributed by atoms with Gasteiger partial charge in [0.05, 0.1) is 0 Å². The van der Waals surface area contributed by atoms with Gasteiger partial charge in [-0.05, 0) is 186 Å². The molecule has 1 aromatic heterocycles. The third-order valence-electron chi connectivity index (χ3n) is 14.0. The van der Waals surface area contributed by atoms with Crippen LogP contribution in [-0.4, -0.2) is 125 Å². The smallest absolute Gasteiger partial charge is 0.231 e. The Balaban J connectivity index is 1.61. The molecule has 0 amide bonds. The molecule has 5 heterocycles. The van der Waals surface area contributed by atoms with Crippen LogP contribution >= 0.6 is 11.8 Å². The van der Waals surface area contributed by atoms with E-state index in [2.05, 4.69) is 133 Å². The zero-order valence-electron chi connectivity index (χ0n) is 39.1. The Morgan fingerprint density at radius 1 is 0.424 bits per heavy atom. The van der Waals surface area contributed by atoms with Gasteiger partial charge in [-0.25, -0.2) is 0 Å². The number of rotatable bonds is 8. The van der Waals surface area contributed by atoms with E-state index in [1.807, 2.05) is 18.2 Å². The van der Waals surface area contributed by atoms with Crippen LogP contribution in [0.3, 0.4) is 0 Å². The molecule has 332 valence electrons. The van der Waals surface area contributed by atoms with Crippen LogP contribution in [0, 0.1) is 0 Å². The van der Waals surface area contributed by atoms with Gasteiger partial charge >= 0.3 is 0 Å². The molecule has 0 saturated carbocycles. The highest BCUT2D eigenvalue weighted by Crippen LogP contribution is 2.48. The number of anilines is 2. The fourth-order valence-corrected chi connectivity index (χ4v) is 12.9. The second-order valence-electron chi connectivity index (χ2n) is 23.4. The van der Waals surface area contributed by atoms with Crippen molar-refractivity contribution in [2.75, 3.05) is 9.80 Å². The molecular weight excluding hydrogens is 763 g/mol. The zero-order chi connectivity index (χ0) is 44.1. The van der Waals surface area contributed by atoms with Crippen LogP contribution in [0.5, 0.6) is 0 Å². The van der Waals surface area contributed by atoms with Gasteiger partial charge in [-0.2, -0.15) is 35.2 Å². The van der Waals surface area contributed by atoms with Crippen LogP contribution in [0.2, 0.25) is 0 Å². The molecule has 4 saturated heterocycles. The van der Waals surface area contributed by atoms with Crippen LogP contribution in [0.1, 0.15) is 162 Å². The van der Waals surface area contributed by atoms with Gasteiger partial charge in [0.1, 0.15) is 0 Å². The number of hydrogen-bond donors (Lipinski definition) is 4. The molecular formula is C45H77N9O4S. The van der Waals surface area contributed by atoms with Gasteiger partial charge in [-0.3, -0.25) is 0 Å². The Morgan fingerprint density at radius 3 is 0.898 bits per heavy atom. The Labute approximate surface area is 359 Å². The Kier molecular flexibility index (Phi) is 12.0. The van der Waals surface area contributed by atoms with E-state index in [0.29, 0.717) is 68.4 Å². The SMILES string of the molecule is CC1(C)CC(N(c2nc(Sc3ccccc3)nc(N(C3CC(C)(C)N(O)C(C)(C)C3)C3CC(C)(C)N(O)C(C)(C)C3)n2)C2CC(C)(C)N(O)C(C)(C)C2)CC(C)(C)N1O. The lowest BCUT2D eigenvalue weighted by Gasteiger charge is -2.59. The average Bonchev–Trinajstić information content (AvgIpc) is 3.07. The minimum Gasteiger partial charge on any atom is -0.334 e. The lowest BCUT2D eigenvalue weighted by Crippen LogP contribution is -2.68. The van der Waals surface area contributed by atoms with Crippen molar-refractivity contribution in [3.63, 3.8) is 0 Å². The summed E-state index contributed by atoms with van der Waals surface area (Å²) < 4.78 is 0. The molecule has 0 atom stereocenters. The third kappa shape index (κ3) is 9.04. The second kappa shape index (κ2) is 15.3. The number of benzene rings is 1. The first kappa shape index (κ1) is 46.4. The Hall–Kier alpha value is -2.14. The van der Waals surface area contributed by atoms with Gasteiger partial charge in [-0.15, -0.1) is 0 Å². The predicted octanol–water partition coefficient (Wildman–Crippen LogP) is 9.28. The Bertz CT molecular complexity index is 1560. The molecule has 13 nitrogen and oxygen atoms in total. The number of piperidine rings is 4. The van der Waals surface area contributed by atoms with Crippen molar-refractivity contribution in [1.29, 1.82) is 0 Å². The topological polar surface area (TPSA) is 139 Å². The van der Waals surface area contributed by atoms with Crippen LogP contribution in [0.4, 0.5) is 11.9 Å². The van der Waals surface area contributed by atoms with Gasteiger partial charge in [0.15, 0.2) is 5.16 Å². The maximum absolute atomic E-state index is 11.5. The maximum Gasteiger partial charge on any atom is 0.231 e. The van der Waals surface area contributed by atoms with E-state index in [1.165, 1.54) is 32.0 Å². The molecule has 2 aromatic rings. The first-order valence-electron chi connectivity index (χ1n) is 21.8. The van der Waals surface area contributed by atoms with Gasteiger partial charge in [0, 0.05) is 73.4 Å². The van der Waals surface area contributed by atoms with Gasteiger partial charge in [0.2, 0.25) is 11.9 Å². The average molecular weight is 840 g/mol. The van der Waals surface area contributed by atoms with Crippen LogP contribution in [-0.2, 0) is 0 Å². The summed E-state index contributed by atoms with van der Waals surface area (Å²) in [6, 6.07) is 10.1. The maximum atomic E-state index is 11.5. The largest absolute Gasteiger partial charge is 0.334 e. The third-order valence-corrected chi connectivity index (χ3v) is 14.9. The highest BCUT2D eigenvalue weighted by atomic mass is 32.2. The lowest BCUT2D eigenvalue weighted by molar-refractivity contribution is -0.251. The van der Waals surface area contributed by atoms with E-state index in [1.54, 1.807) is 0 Å². The van der Waals surface area contributed by atoms with Crippen molar-refractivity contribution < 1.29 is 20.8 Å². The molecule has 0 aliphatic carbocycles. The van der Waals surface area contributed by atoms with Gasteiger partial charge < -0.3 is 30.6 Å². The molecule has 4 aliphatic heterocycles. The number of nitrogens with zero attached hydrogens (tertiary/aromatic N) is 9. The molecule has 0 unspecified atom stereocenters. The van der Waals surface area contributed by atoms with Crippen LogP contribution < -0.4 is 9.80 Å². The number of hydrogen-bond acceptors (Lipinski definition) is 14. The molecule has 0 spiro atoms. The molecule has 6 rings (SSSR count). The summed E-state index contributed by atoms with van der Waals surface area (Å²) in [5.41, 5.74) is -4.32. The summed E-state index contributed by atoms with van der Waals surface area (Å²) in [4.78, 5) is 22.4. The van der Waals surface area contributed by atoms with E-state index in [0.717, 1.165) is 4.90 Å². The quantitative estimate of drug-likeness (QED) is 0.201. The first-order chi connectivity index (χ1) is 26.8. The standard InChI is InChI=1S/C45H77N9O4S/c1-38(2)22-30(23-39(3,4)51(38)55)49(31-24-40(5,6)52(56)41(7,8)25-31)35-46-36(48-37(47-35)59-34-20-18-17-19-21-34)50(32-26-42(9,10)53(57)43(11,12)27-32)33-28-44(13,14)54(58)45(15,16)29-33/h17-21,30-33,55-58H,22-29H2,1-16H3. The summed E-state index contributed by atoms with van der Waals surface area (Å²) in [5.74, 6) is 1.20. The van der Waals surface area contributed by atoms with Crippen molar-refractivity contribution >= 4 is 23.7 Å². The minimum atomic E-state index is -0.540. The monoisotopic (exact) mass is 840 g/mol. The molecule has 4 N–H and O–H groups in total. The number of hydroxylamine groups is 8. The van der Waals surface area contributed by atoms with E-state index < -0.39 is 44.3 Å². The summed E-state index contributed by atoms with van der Waals surface area (Å²) in [6.07, 6.45) is 5.39. The summed E-state index contributed by atoms with van der Waals surface area (Å²) in [6.45, 7) is 33.7. The molecule has 4 fully saturated rings. The van der Waals surface area contributed by atoms with E-state index in [9.17, 15) is 20.8 Å². The van der Waals surface area contributed by atoms with Crippen LogP contribution in [0.15, 0.2) is 40.4 Å². The van der Waals surface area contributed by atoms with Crippen LogP contribution in [0.25, 0.3) is 0 Å². The molecule has 4 aliphatic rings. The fraction of sp³-hybridized carbons (Fsp3) is 0.800. The van der Waals surface area contributed by atoms with Gasteiger partial charge in [-0.1, -0.05) is 18.2 Å². The molecule has 14 heteroatoms.